The maximum atomic E-state index is 13.4. The fraction of sp³-hybridized carbons (Fsp3) is 0.385. The average molecular weight is 540 g/mol. The highest BCUT2D eigenvalue weighted by Gasteiger charge is 2.56. The standard InChI is InChI=1S/C26H29N5O6S/c1-30(2)38(33,34)26(10-11-26)16-36-24-22-20(9-12-28-24)13-21(25(32)31(22)3)23(37-17-35-4)29-15-19-7-5-18(14-27)6-8-19/h5-9,12-13H,10-11,15-17H2,1-4H3/b29-23-. The molecule has 0 spiro atoms. The number of aryl methyl sites for hydroxylation is 1. The van der Waals surface area contributed by atoms with Gasteiger partial charge >= 0.3 is 0 Å². The van der Waals surface area contributed by atoms with Crippen LogP contribution in [0.2, 0.25) is 0 Å². The van der Waals surface area contributed by atoms with Crippen LogP contribution >= 0.6 is 0 Å². The Bertz CT molecular complexity index is 1570. The first-order valence-electron chi connectivity index (χ1n) is 11.8. The van der Waals surface area contributed by atoms with Crippen molar-refractivity contribution in [3.63, 3.8) is 0 Å². The van der Waals surface area contributed by atoms with Gasteiger partial charge in [0.05, 0.1) is 18.2 Å². The highest BCUT2D eigenvalue weighted by molar-refractivity contribution is 7.90. The summed E-state index contributed by atoms with van der Waals surface area (Å²) in [4.78, 5) is 22.2. The Hall–Kier alpha value is -3.79. The highest BCUT2D eigenvalue weighted by Crippen LogP contribution is 2.45. The molecule has 3 aromatic rings. The van der Waals surface area contributed by atoms with Gasteiger partial charge in [-0.3, -0.25) is 4.79 Å². The van der Waals surface area contributed by atoms with Crippen molar-refractivity contribution < 1.29 is 22.6 Å². The van der Waals surface area contributed by atoms with Crippen LogP contribution in [0.4, 0.5) is 0 Å². The van der Waals surface area contributed by atoms with Gasteiger partial charge in [0.1, 0.15) is 22.4 Å². The van der Waals surface area contributed by atoms with Crippen LogP contribution in [-0.2, 0) is 33.1 Å². The minimum atomic E-state index is -3.52. The van der Waals surface area contributed by atoms with Gasteiger partial charge in [-0.05, 0) is 42.7 Å². The Kier molecular flexibility index (Phi) is 7.82. The summed E-state index contributed by atoms with van der Waals surface area (Å²) in [5.74, 6) is 0.273. The Morgan fingerprint density at radius 2 is 1.95 bits per heavy atom. The number of hydrogen-bond acceptors (Lipinski definition) is 9. The Morgan fingerprint density at radius 1 is 1.24 bits per heavy atom. The quantitative estimate of drug-likeness (QED) is 0.217. The highest BCUT2D eigenvalue weighted by atomic mass is 32.2. The number of nitriles is 1. The Morgan fingerprint density at radius 3 is 2.55 bits per heavy atom. The molecule has 11 nitrogen and oxygen atoms in total. The minimum Gasteiger partial charge on any atom is -0.474 e. The molecule has 1 aromatic carbocycles. The molecule has 200 valence electrons. The lowest BCUT2D eigenvalue weighted by Crippen LogP contribution is -2.39. The van der Waals surface area contributed by atoms with Crippen LogP contribution < -0.4 is 10.3 Å². The van der Waals surface area contributed by atoms with Crippen molar-refractivity contribution in [3.05, 3.63) is 69.6 Å². The molecular weight excluding hydrogens is 510 g/mol. The normalized spacial score (nSPS) is 14.9. The molecule has 1 aliphatic carbocycles. The van der Waals surface area contributed by atoms with E-state index in [1.54, 1.807) is 43.4 Å². The second-order valence-corrected chi connectivity index (χ2v) is 11.8. The number of rotatable bonds is 10. The molecule has 2 heterocycles. The molecule has 1 fully saturated rings. The molecule has 2 aromatic heterocycles. The number of benzene rings is 1. The number of nitrogens with zero attached hydrogens (tertiary/aromatic N) is 5. The van der Waals surface area contributed by atoms with Gasteiger partial charge < -0.3 is 18.8 Å². The average Bonchev–Trinajstić information content (AvgIpc) is 3.71. The lowest BCUT2D eigenvalue weighted by atomic mass is 10.1. The van der Waals surface area contributed by atoms with Crippen molar-refractivity contribution in [1.82, 2.24) is 13.9 Å². The zero-order chi connectivity index (χ0) is 27.5. The van der Waals surface area contributed by atoms with Crippen molar-refractivity contribution >= 4 is 26.8 Å². The van der Waals surface area contributed by atoms with E-state index in [0.29, 0.717) is 29.3 Å². The number of methoxy groups -OCH3 is 1. The summed E-state index contributed by atoms with van der Waals surface area (Å²) >= 11 is 0. The summed E-state index contributed by atoms with van der Waals surface area (Å²) in [5.41, 5.74) is 1.62. The van der Waals surface area contributed by atoms with Crippen LogP contribution in [0, 0.1) is 11.3 Å². The largest absolute Gasteiger partial charge is 0.474 e. The molecule has 0 N–H and O–H groups in total. The number of aromatic nitrogens is 2. The van der Waals surface area contributed by atoms with Gasteiger partial charge in [0, 0.05) is 39.8 Å². The van der Waals surface area contributed by atoms with Crippen LogP contribution in [0.25, 0.3) is 10.9 Å². The fourth-order valence-corrected chi connectivity index (χ4v) is 5.64. The predicted octanol–water partition coefficient (Wildman–Crippen LogP) is 2.18. The van der Waals surface area contributed by atoms with Gasteiger partial charge in [0.2, 0.25) is 21.8 Å². The van der Waals surface area contributed by atoms with Crippen molar-refractivity contribution in [2.45, 2.75) is 24.1 Å². The fourth-order valence-electron chi connectivity index (χ4n) is 4.04. The SMILES string of the molecule is COCO/C(=N\Cc1ccc(C#N)cc1)c1cc2ccnc(OCC3(S(=O)(=O)N(C)C)CC3)c2n(C)c1=O. The molecule has 12 heteroatoms. The number of hydrogen-bond donors (Lipinski definition) is 0. The van der Waals surface area contributed by atoms with Crippen molar-refractivity contribution in [2.24, 2.45) is 12.0 Å². The third-order valence-corrected chi connectivity index (χ3v) is 9.01. The Labute approximate surface area is 221 Å². The van der Waals surface area contributed by atoms with E-state index in [1.807, 2.05) is 0 Å². The van der Waals surface area contributed by atoms with E-state index >= 15 is 0 Å². The summed E-state index contributed by atoms with van der Waals surface area (Å²) in [5, 5.41) is 9.64. The first kappa shape index (κ1) is 27.3. The summed E-state index contributed by atoms with van der Waals surface area (Å²) in [6, 6.07) is 12.4. The van der Waals surface area contributed by atoms with Crippen LogP contribution in [0.5, 0.6) is 5.88 Å². The van der Waals surface area contributed by atoms with Crippen LogP contribution in [0.15, 0.2) is 52.4 Å². The molecule has 4 rings (SSSR count). The molecular formula is C26H29N5O6S. The maximum absolute atomic E-state index is 13.4. The van der Waals surface area contributed by atoms with Gasteiger partial charge in [-0.2, -0.15) is 5.26 Å². The third kappa shape index (κ3) is 5.26. The summed E-state index contributed by atoms with van der Waals surface area (Å²) in [7, 11) is 2.54. The van der Waals surface area contributed by atoms with Gasteiger partial charge in [-0.25, -0.2) is 22.7 Å². The summed E-state index contributed by atoms with van der Waals surface area (Å²) < 4.78 is 43.7. The van der Waals surface area contributed by atoms with E-state index in [4.69, 9.17) is 19.5 Å². The molecule has 0 bridgehead atoms. The molecule has 0 aliphatic heterocycles. The zero-order valence-corrected chi connectivity index (χ0v) is 22.5. The van der Waals surface area contributed by atoms with Crippen LogP contribution in [0.3, 0.4) is 0 Å². The first-order chi connectivity index (χ1) is 18.1. The summed E-state index contributed by atoms with van der Waals surface area (Å²) in [6.45, 7) is 0.0451. The second-order valence-electron chi connectivity index (χ2n) is 9.22. The third-order valence-electron chi connectivity index (χ3n) is 6.43. The monoisotopic (exact) mass is 539 g/mol. The summed E-state index contributed by atoms with van der Waals surface area (Å²) in [6.07, 6.45) is 2.53. The number of aliphatic imine (C=N–C) groups is 1. The van der Waals surface area contributed by atoms with Crippen molar-refractivity contribution in [3.8, 4) is 11.9 Å². The molecule has 1 aliphatic rings. The lowest BCUT2D eigenvalue weighted by molar-refractivity contribution is 0.0426. The first-order valence-corrected chi connectivity index (χ1v) is 13.3. The van der Waals surface area contributed by atoms with E-state index in [-0.39, 0.29) is 37.3 Å². The molecule has 0 radical (unpaired) electrons. The van der Waals surface area contributed by atoms with Crippen LogP contribution in [0.1, 0.15) is 29.5 Å². The molecule has 0 atom stereocenters. The molecule has 0 amide bonds. The van der Waals surface area contributed by atoms with Gasteiger partial charge in [-0.15, -0.1) is 0 Å². The number of pyridine rings is 2. The lowest BCUT2D eigenvalue weighted by Gasteiger charge is -2.21. The van der Waals surface area contributed by atoms with E-state index in [9.17, 15) is 13.2 Å². The number of ether oxygens (including phenoxy) is 3. The number of sulfonamides is 1. The van der Waals surface area contributed by atoms with Crippen molar-refractivity contribution in [2.75, 3.05) is 34.6 Å². The molecule has 38 heavy (non-hydrogen) atoms. The molecule has 1 saturated carbocycles. The van der Waals surface area contributed by atoms with E-state index in [0.717, 1.165) is 5.56 Å². The zero-order valence-electron chi connectivity index (χ0n) is 21.7. The predicted molar refractivity (Wildman–Crippen MR) is 141 cm³/mol. The maximum Gasteiger partial charge on any atom is 0.263 e. The van der Waals surface area contributed by atoms with E-state index in [1.165, 1.54) is 36.3 Å². The second kappa shape index (κ2) is 10.9. The number of fused-ring (bicyclic) bond motifs is 1. The molecule has 0 saturated heterocycles. The van der Waals surface area contributed by atoms with Crippen LogP contribution in [-0.4, -0.2) is 67.5 Å². The minimum absolute atomic E-state index is 0.0657. The van der Waals surface area contributed by atoms with E-state index < -0.39 is 20.3 Å². The van der Waals surface area contributed by atoms with Crippen molar-refractivity contribution in [1.29, 1.82) is 5.26 Å². The van der Waals surface area contributed by atoms with Gasteiger partial charge in [0.15, 0.2) is 6.79 Å². The van der Waals surface area contributed by atoms with Gasteiger partial charge in [-0.1, -0.05) is 12.1 Å². The van der Waals surface area contributed by atoms with E-state index in [2.05, 4.69) is 16.0 Å². The Balaban J connectivity index is 1.68. The smallest absolute Gasteiger partial charge is 0.263 e. The topological polar surface area (TPSA) is 136 Å². The van der Waals surface area contributed by atoms with Gasteiger partial charge in [0.25, 0.3) is 5.56 Å². The molecule has 0 unspecified atom stereocenters.